The van der Waals surface area contributed by atoms with Crippen molar-refractivity contribution < 1.29 is 4.79 Å². The molecule has 1 N–H and O–H groups in total. The molecule has 94 valence electrons. The summed E-state index contributed by atoms with van der Waals surface area (Å²) >= 11 is 5.87. The Balaban J connectivity index is 2.05. The van der Waals surface area contributed by atoms with Gasteiger partial charge in [-0.25, -0.2) is 0 Å². The first-order chi connectivity index (χ1) is 9.28. The molecule has 0 atom stereocenters. The summed E-state index contributed by atoms with van der Waals surface area (Å²) in [6, 6.07) is 15.5. The molecule has 3 heteroatoms. The van der Waals surface area contributed by atoms with Crippen LogP contribution in [0.2, 0.25) is 5.02 Å². The van der Waals surface area contributed by atoms with E-state index in [0.29, 0.717) is 6.42 Å². The van der Waals surface area contributed by atoms with Gasteiger partial charge in [-0.15, -0.1) is 0 Å². The molecule has 19 heavy (non-hydrogen) atoms. The SMILES string of the molecule is O=Cc1c(Cc2ccc(Cl)cc2)[nH]c2ccccc12. The van der Waals surface area contributed by atoms with E-state index in [1.165, 1.54) is 0 Å². The van der Waals surface area contributed by atoms with Crippen molar-refractivity contribution in [1.29, 1.82) is 0 Å². The third-order valence-electron chi connectivity index (χ3n) is 3.24. The summed E-state index contributed by atoms with van der Waals surface area (Å²) in [5, 5.41) is 1.69. The number of carbonyl (C=O) groups excluding carboxylic acids is 1. The smallest absolute Gasteiger partial charge is 0.152 e. The zero-order valence-corrected chi connectivity index (χ0v) is 10.9. The summed E-state index contributed by atoms with van der Waals surface area (Å²) in [7, 11) is 0. The Morgan fingerprint density at radius 2 is 1.79 bits per heavy atom. The molecule has 0 radical (unpaired) electrons. The van der Waals surface area contributed by atoms with Crippen LogP contribution < -0.4 is 0 Å². The van der Waals surface area contributed by atoms with E-state index in [-0.39, 0.29) is 0 Å². The maximum absolute atomic E-state index is 11.3. The van der Waals surface area contributed by atoms with Gasteiger partial charge in [-0.1, -0.05) is 41.9 Å². The second-order valence-electron chi connectivity index (χ2n) is 4.48. The van der Waals surface area contributed by atoms with Gasteiger partial charge in [0, 0.05) is 33.6 Å². The number of H-pyrrole nitrogens is 1. The van der Waals surface area contributed by atoms with Crippen LogP contribution in [0.5, 0.6) is 0 Å². The van der Waals surface area contributed by atoms with Crippen LogP contribution in [-0.2, 0) is 6.42 Å². The van der Waals surface area contributed by atoms with Crippen molar-refractivity contribution in [3.8, 4) is 0 Å². The van der Waals surface area contributed by atoms with Gasteiger partial charge in [-0.3, -0.25) is 4.79 Å². The molecular weight excluding hydrogens is 258 g/mol. The van der Waals surface area contributed by atoms with E-state index >= 15 is 0 Å². The van der Waals surface area contributed by atoms with Gasteiger partial charge in [0.2, 0.25) is 0 Å². The van der Waals surface area contributed by atoms with E-state index < -0.39 is 0 Å². The van der Waals surface area contributed by atoms with Crippen molar-refractivity contribution >= 4 is 28.8 Å². The molecule has 1 heterocycles. The molecule has 0 saturated carbocycles. The number of aldehydes is 1. The lowest BCUT2D eigenvalue weighted by molar-refractivity contribution is 0.112. The Labute approximate surface area is 116 Å². The Morgan fingerprint density at radius 3 is 2.53 bits per heavy atom. The van der Waals surface area contributed by atoms with Crippen LogP contribution in [0.3, 0.4) is 0 Å². The van der Waals surface area contributed by atoms with Gasteiger partial charge in [-0.2, -0.15) is 0 Å². The molecule has 2 aromatic carbocycles. The van der Waals surface area contributed by atoms with Crippen molar-refractivity contribution in [2.24, 2.45) is 0 Å². The fourth-order valence-electron chi connectivity index (χ4n) is 2.30. The molecule has 0 unspecified atom stereocenters. The van der Waals surface area contributed by atoms with Crippen LogP contribution in [0, 0.1) is 0 Å². The minimum absolute atomic E-state index is 0.694. The number of fused-ring (bicyclic) bond motifs is 1. The predicted octanol–water partition coefficient (Wildman–Crippen LogP) is 4.22. The predicted molar refractivity (Wildman–Crippen MR) is 77.9 cm³/mol. The second-order valence-corrected chi connectivity index (χ2v) is 4.92. The van der Waals surface area contributed by atoms with E-state index in [9.17, 15) is 4.79 Å². The third-order valence-corrected chi connectivity index (χ3v) is 3.49. The number of carbonyl (C=O) groups is 1. The lowest BCUT2D eigenvalue weighted by atomic mass is 10.1. The average molecular weight is 270 g/mol. The molecule has 0 aliphatic carbocycles. The number of halogens is 1. The van der Waals surface area contributed by atoms with Crippen molar-refractivity contribution in [2.75, 3.05) is 0 Å². The van der Waals surface area contributed by atoms with Crippen molar-refractivity contribution in [3.05, 3.63) is 70.4 Å². The normalized spacial score (nSPS) is 10.8. The highest BCUT2D eigenvalue weighted by molar-refractivity contribution is 6.30. The van der Waals surface area contributed by atoms with Crippen molar-refractivity contribution in [3.63, 3.8) is 0 Å². The quantitative estimate of drug-likeness (QED) is 0.710. The maximum Gasteiger partial charge on any atom is 0.152 e. The summed E-state index contributed by atoms with van der Waals surface area (Å²) < 4.78 is 0. The topological polar surface area (TPSA) is 32.9 Å². The van der Waals surface area contributed by atoms with E-state index in [1.54, 1.807) is 0 Å². The number of para-hydroxylation sites is 1. The number of rotatable bonds is 3. The summed E-state index contributed by atoms with van der Waals surface area (Å²) in [5.74, 6) is 0. The molecule has 2 nitrogen and oxygen atoms in total. The second kappa shape index (κ2) is 4.90. The van der Waals surface area contributed by atoms with Gasteiger partial charge in [0.1, 0.15) is 0 Å². The summed E-state index contributed by atoms with van der Waals surface area (Å²) in [4.78, 5) is 14.6. The zero-order chi connectivity index (χ0) is 13.2. The highest BCUT2D eigenvalue weighted by Crippen LogP contribution is 2.23. The Hall–Kier alpha value is -2.06. The highest BCUT2D eigenvalue weighted by atomic mass is 35.5. The minimum atomic E-state index is 0.694. The summed E-state index contributed by atoms with van der Waals surface area (Å²) in [6.45, 7) is 0. The first kappa shape index (κ1) is 12.0. The van der Waals surface area contributed by atoms with Crippen LogP contribution in [0.25, 0.3) is 10.9 Å². The Morgan fingerprint density at radius 1 is 1.05 bits per heavy atom. The molecule has 0 aliphatic heterocycles. The molecule has 0 saturated heterocycles. The standard InChI is InChI=1S/C16H12ClNO/c17-12-7-5-11(6-8-12)9-16-14(10-19)13-3-1-2-4-15(13)18-16/h1-8,10,18H,9H2. The number of nitrogens with one attached hydrogen (secondary N) is 1. The number of aromatic nitrogens is 1. The van der Waals surface area contributed by atoms with Gasteiger partial charge in [-0.05, 0) is 23.8 Å². The highest BCUT2D eigenvalue weighted by Gasteiger charge is 2.10. The number of hydrogen-bond acceptors (Lipinski definition) is 1. The molecule has 3 rings (SSSR count). The first-order valence-corrected chi connectivity index (χ1v) is 6.45. The monoisotopic (exact) mass is 269 g/mol. The number of hydrogen-bond donors (Lipinski definition) is 1. The fourth-order valence-corrected chi connectivity index (χ4v) is 2.43. The van der Waals surface area contributed by atoms with Crippen molar-refractivity contribution in [1.82, 2.24) is 4.98 Å². The molecule has 0 bridgehead atoms. The van der Waals surface area contributed by atoms with E-state index in [2.05, 4.69) is 4.98 Å². The third kappa shape index (κ3) is 2.27. The zero-order valence-electron chi connectivity index (χ0n) is 10.2. The lowest BCUT2D eigenvalue weighted by Crippen LogP contribution is -1.92. The van der Waals surface area contributed by atoms with Gasteiger partial charge in [0.05, 0.1) is 0 Å². The van der Waals surface area contributed by atoms with Gasteiger partial charge >= 0.3 is 0 Å². The van der Waals surface area contributed by atoms with E-state index in [4.69, 9.17) is 11.6 Å². The minimum Gasteiger partial charge on any atom is -0.358 e. The Kier molecular flexibility index (Phi) is 3.10. The van der Waals surface area contributed by atoms with Crippen LogP contribution in [-0.4, -0.2) is 11.3 Å². The van der Waals surface area contributed by atoms with Gasteiger partial charge in [0.25, 0.3) is 0 Å². The number of benzene rings is 2. The van der Waals surface area contributed by atoms with Crippen LogP contribution in [0.15, 0.2) is 48.5 Å². The molecule has 0 fully saturated rings. The first-order valence-electron chi connectivity index (χ1n) is 6.07. The van der Waals surface area contributed by atoms with Gasteiger partial charge in [0.15, 0.2) is 6.29 Å². The molecule has 3 aromatic rings. The molecule has 0 aliphatic rings. The largest absolute Gasteiger partial charge is 0.358 e. The average Bonchev–Trinajstić information content (AvgIpc) is 2.78. The van der Waals surface area contributed by atoms with E-state index in [0.717, 1.165) is 39.0 Å². The van der Waals surface area contributed by atoms with Crippen LogP contribution >= 0.6 is 11.6 Å². The summed E-state index contributed by atoms with van der Waals surface area (Å²) in [6.07, 6.45) is 1.62. The molecule has 0 amide bonds. The summed E-state index contributed by atoms with van der Waals surface area (Å²) in [5.41, 5.74) is 3.80. The maximum atomic E-state index is 11.3. The Bertz CT molecular complexity index is 728. The van der Waals surface area contributed by atoms with Crippen molar-refractivity contribution in [2.45, 2.75) is 6.42 Å². The van der Waals surface area contributed by atoms with Crippen LogP contribution in [0.4, 0.5) is 0 Å². The molecule has 0 spiro atoms. The van der Waals surface area contributed by atoms with Gasteiger partial charge < -0.3 is 4.98 Å². The molecule has 1 aromatic heterocycles. The molecular formula is C16H12ClNO. The van der Waals surface area contributed by atoms with Crippen LogP contribution in [0.1, 0.15) is 21.6 Å². The number of aromatic amines is 1. The fraction of sp³-hybridized carbons (Fsp3) is 0.0625. The van der Waals surface area contributed by atoms with E-state index in [1.807, 2.05) is 48.5 Å². The lowest BCUT2D eigenvalue weighted by Gasteiger charge is -2.01.